The smallest absolute Gasteiger partial charge is 0.141 e. The van der Waals surface area contributed by atoms with Gasteiger partial charge in [-0.2, -0.15) is 0 Å². The number of aromatic nitrogens is 1. The van der Waals surface area contributed by atoms with Crippen LogP contribution in [0.4, 0.5) is 5.69 Å². The van der Waals surface area contributed by atoms with Gasteiger partial charge in [0.1, 0.15) is 5.75 Å². The second-order valence-corrected chi connectivity index (χ2v) is 5.43. The molecule has 2 aromatic rings. The van der Waals surface area contributed by atoms with Gasteiger partial charge in [0.15, 0.2) is 0 Å². The molecule has 4 heteroatoms. The first-order valence-electron chi connectivity index (χ1n) is 7.05. The van der Waals surface area contributed by atoms with Crippen molar-refractivity contribution in [3.8, 4) is 5.75 Å². The second kappa shape index (κ2) is 7.09. The normalized spacial score (nSPS) is 10.7. The Labute approximate surface area is 126 Å². The van der Waals surface area contributed by atoms with Crippen molar-refractivity contribution in [2.75, 3.05) is 26.5 Å². The van der Waals surface area contributed by atoms with Crippen LogP contribution in [-0.2, 0) is 13.1 Å². The summed E-state index contributed by atoms with van der Waals surface area (Å²) < 4.78 is 5.42. The minimum Gasteiger partial charge on any atom is -0.495 e. The average Bonchev–Trinajstić information content (AvgIpc) is 2.46. The van der Waals surface area contributed by atoms with Gasteiger partial charge in [0, 0.05) is 25.0 Å². The van der Waals surface area contributed by atoms with Crippen molar-refractivity contribution in [2.45, 2.75) is 20.0 Å². The van der Waals surface area contributed by atoms with Crippen LogP contribution in [0.25, 0.3) is 0 Å². The van der Waals surface area contributed by atoms with Crippen LogP contribution in [-0.4, -0.2) is 31.1 Å². The van der Waals surface area contributed by atoms with E-state index in [0.717, 1.165) is 35.8 Å². The monoisotopic (exact) mass is 285 g/mol. The third-order valence-corrected chi connectivity index (χ3v) is 3.22. The summed E-state index contributed by atoms with van der Waals surface area (Å²) in [7, 11) is 5.82. The van der Waals surface area contributed by atoms with Crippen LogP contribution >= 0.6 is 0 Å². The summed E-state index contributed by atoms with van der Waals surface area (Å²) in [6.07, 6.45) is 1.90. The van der Waals surface area contributed by atoms with Crippen LogP contribution in [0.15, 0.2) is 36.5 Å². The van der Waals surface area contributed by atoms with E-state index < -0.39 is 0 Å². The molecule has 21 heavy (non-hydrogen) atoms. The summed E-state index contributed by atoms with van der Waals surface area (Å²) in [5, 5.41) is 3.43. The van der Waals surface area contributed by atoms with Gasteiger partial charge < -0.3 is 15.0 Å². The standard InChI is InChI=1S/C17H23N3O/c1-13-5-6-15(10-18-13)11-19-16-9-14(12-20(2)3)7-8-17(16)21-4/h5-10,19H,11-12H2,1-4H3. The molecule has 0 atom stereocenters. The topological polar surface area (TPSA) is 37.4 Å². The van der Waals surface area contributed by atoms with E-state index in [2.05, 4.69) is 47.5 Å². The van der Waals surface area contributed by atoms with Crippen molar-refractivity contribution in [1.29, 1.82) is 0 Å². The van der Waals surface area contributed by atoms with Crippen LogP contribution in [0.3, 0.4) is 0 Å². The highest BCUT2D eigenvalue weighted by molar-refractivity contribution is 5.58. The highest BCUT2D eigenvalue weighted by atomic mass is 16.5. The van der Waals surface area contributed by atoms with E-state index in [1.165, 1.54) is 5.56 Å². The van der Waals surface area contributed by atoms with E-state index in [9.17, 15) is 0 Å². The molecule has 0 saturated heterocycles. The van der Waals surface area contributed by atoms with E-state index in [-0.39, 0.29) is 0 Å². The number of hydrogen-bond donors (Lipinski definition) is 1. The highest BCUT2D eigenvalue weighted by Crippen LogP contribution is 2.26. The number of benzene rings is 1. The van der Waals surface area contributed by atoms with Gasteiger partial charge in [0.25, 0.3) is 0 Å². The lowest BCUT2D eigenvalue weighted by Crippen LogP contribution is -2.11. The average molecular weight is 285 g/mol. The molecule has 0 amide bonds. The molecule has 0 fully saturated rings. The SMILES string of the molecule is COc1ccc(CN(C)C)cc1NCc1ccc(C)nc1. The van der Waals surface area contributed by atoms with E-state index in [1.54, 1.807) is 7.11 Å². The van der Waals surface area contributed by atoms with Crippen molar-refractivity contribution >= 4 is 5.69 Å². The molecular formula is C17H23N3O. The second-order valence-electron chi connectivity index (χ2n) is 5.43. The third-order valence-electron chi connectivity index (χ3n) is 3.22. The zero-order valence-corrected chi connectivity index (χ0v) is 13.2. The van der Waals surface area contributed by atoms with E-state index in [4.69, 9.17) is 4.74 Å². The largest absolute Gasteiger partial charge is 0.495 e. The van der Waals surface area contributed by atoms with Crippen LogP contribution in [0.1, 0.15) is 16.8 Å². The summed E-state index contributed by atoms with van der Waals surface area (Å²) in [6, 6.07) is 10.4. The molecule has 0 spiro atoms. The van der Waals surface area contributed by atoms with Gasteiger partial charge in [-0.1, -0.05) is 12.1 Å². The first-order chi connectivity index (χ1) is 10.1. The molecule has 2 rings (SSSR count). The Hall–Kier alpha value is -2.07. The number of aryl methyl sites for hydroxylation is 1. The van der Waals surface area contributed by atoms with E-state index in [0.29, 0.717) is 0 Å². The molecule has 1 heterocycles. The van der Waals surface area contributed by atoms with Gasteiger partial charge in [-0.15, -0.1) is 0 Å². The number of hydrogen-bond acceptors (Lipinski definition) is 4. The number of nitrogens with zero attached hydrogens (tertiary/aromatic N) is 2. The van der Waals surface area contributed by atoms with Gasteiger partial charge in [0.2, 0.25) is 0 Å². The molecule has 0 aliphatic rings. The Morgan fingerprint density at radius 1 is 1.14 bits per heavy atom. The third kappa shape index (κ3) is 4.46. The number of rotatable bonds is 6. The summed E-state index contributed by atoms with van der Waals surface area (Å²) in [4.78, 5) is 6.46. The summed E-state index contributed by atoms with van der Waals surface area (Å²) in [6.45, 7) is 3.63. The predicted molar refractivity (Wildman–Crippen MR) is 86.7 cm³/mol. The van der Waals surface area contributed by atoms with Crippen molar-refractivity contribution in [1.82, 2.24) is 9.88 Å². The molecule has 112 valence electrons. The minimum atomic E-state index is 0.731. The molecule has 4 nitrogen and oxygen atoms in total. The summed E-state index contributed by atoms with van der Waals surface area (Å²) >= 11 is 0. The minimum absolute atomic E-state index is 0.731. The van der Waals surface area contributed by atoms with Crippen LogP contribution in [0.2, 0.25) is 0 Å². The van der Waals surface area contributed by atoms with Crippen molar-refractivity contribution in [2.24, 2.45) is 0 Å². The van der Waals surface area contributed by atoms with Gasteiger partial charge in [-0.05, 0) is 50.3 Å². The lowest BCUT2D eigenvalue weighted by molar-refractivity contribution is 0.400. The molecule has 0 saturated carbocycles. The first kappa shape index (κ1) is 15.3. The van der Waals surface area contributed by atoms with Crippen LogP contribution in [0.5, 0.6) is 5.75 Å². The fourth-order valence-corrected chi connectivity index (χ4v) is 2.16. The van der Waals surface area contributed by atoms with Gasteiger partial charge in [0.05, 0.1) is 12.8 Å². The van der Waals surface area contributed by atoms with Crippen molar-refractivity contribution < 1.29 is 4.74 Å². The fourth-order valence-electron chi connectivity index (χ4n) is 2.16. The lowest BCUT2D eigenvalue weighted by atomic mass is 10.1. The quantitative estimate of drug-likeness (QED) is 0.885. The first-order valence-corrected chi connectivity index (χ1v) is 7.05. The zero-order valence-electron chi connectivity index (χ0n) is 13.2. The fraction of sp³-hybridized carbons (Fsp3) is 0.353. The maximum absolute atomic E-state index is 5.42. The Morgan fingerprint density at radius 2 is 1.90 bits per heavy atom. The number of ether oxygens (including phenoxy) is 1. The Balaban J connectivity index is 2.11. The van der Waals surface area contributed by atoms with E-state index in [1.807, 2.05) is 25.3 Å². The number of anilines is 1. The Morgan fingerprint density at radius 3 is 2.52 bits per heavy atom. The summed E-state index contributed by atoms with van der Waals surface area (Å²) in [5.41, 5.74) is 4.45. The number of nitrogens with one attached hydrogen (secondary N) is 1. The van der Waals surface area contributed by atoms with Crippen LogP contribution in [0, 0.1) is 6.92 Å². The molecule has 1 aromatic carbocycles. The van der Waals surface area contributed by atoms with Crippen LogP contribution < -0.4 is 10.1 Å². The molecule has 1 N–H and O–H groups in total. The van der Waals surface area contributed by atoms with Crippen molar-refractivity contribution in [3.63, 3.8) is 0 Å². The maximum Gasteiger partial charge on any atom is 0.141 e. The van der Waals surface area contributed by atoms with Gasteiger partial charge >= 0.3 is 0 Å². The Kier molecular flexibility index (Phi) is 5.17. The lowest BCUT2D eigenvalue weighted by Gasteiger charge is -2.15. The van der Waals surface area contributed by atoms with Crippen molar-refractivity contribution in [3.05, 3.63) is 53.3 Å². The molecule has 0 unspecified atom stereocenters. The molecule has 1 aromatic heterocycles. The molecule has 0 radical (unpaired) electrons. The molecule has 0 bridgehead atoms. The number of pyridine rings is 1. The van der Waals surface area contributed by atoms with E-state index >= 15 is 0 Å². The van der Waals surface area contributed by atoms with Gasteiger partial charge in [-0.3, -0.25) is 4.98 Å². The highest BCUT2D eigenvalue weighted by Gasteiger charge is 2.05. The molecular weight excluding hydrogens is 262 g/mol. The molecule has 0 aliphatic carbocycles. The number of methoxy groups -OCH3 is 1. The molecule has 0 aliphatic heterocycles. The maximum atomic E-state index is 5.42. The summed E-state index contributed by atoms with van der Waals surface area (Å²) in [5.74, 6) is 0.859. The van der Waals surface area contributed by atoms with Gasteiger partial charge in [-0.25, -0.2) is 0 Å². The Bertz CT molecular complexity index is 579. The zero-order chi connectivity index (χ0) is 15.2. The predicted octanol–water partition coefficient (Wildman–Crippen LogP) is 3.07.